The number of halogens is 1. The molecular formula is C13H16FN5O. The lowest BCUT2D eigenvalue weighted by Crippen LogP contribution is -2.25. The summed E-state index contributed by atoms with van der Waals surface area (Å²) in [7, 11) is 1.75. The Labute approximate surface area is 116 Å². The summed E-state index contributed by atoms with van der Waals surface area (Å²) in [5, 5.41) is 11.9. The van der Waals surface area contributed by atoms with Gasteiger partial charge >= 0.3 is 0 Å². The molecule has 0 spiro atoms. The van der Waals surface area contributed by atoms with Gasteiger partial charge in [0.05, 0.1) is 13.6 Å². The molecule has 6 nitrogen and oxygen atoms in total. The Morgan fingerprint density at radius 3 is 3.10 bits per heavy atom. The fraction of sp³-hybridized carbons (Fsp3) is 0.462. The molecule has 1 aliphatic heterocycles. The molecule has 1 aliphatic rings. The molecule has 1 unspecified atom stereocenters. The molecule has 106 valence electrons. The zero-order valence-corrected chi connectivity index (χ0v) is 11.2. The van der Waals surface area contributed by atoms with E-state index in [0.717, 1.165) is 19.5 Å². The standard InChI is InChI=1S/C13H16FN5O/c1-18-16-13(15-17-18)9-19-6-5-12(8-19)20-11-4-2-3-10(14)7-11/h2-4,7,12H,5-6,8-9H2,1H3. The first-order valence-electron chi connectivity index (χ1n) is 6.56. The lowest BCUT2D eigenvalue weighted by Gasteiger charge is -2.15. The van der Waals surface area contributed by atoms with Crippen LogP contribution in [0.15, 0.2) is 24.3 Å². The Hall–Kier alpha value is -2.02. The predicted molar refractivity (Wildman–Crippen MR) is 69.5 cm³/mol. The van der Waals surface area contributed by atoms with Crippen LogP contribution in [0.3, 0.4) is 0 Å². The van der Waals surface area contributed by atoms with Gasteiger partial charge in [0.1, 0.15) is 17.7 Å². The van der Waals surface area contributed by atoms with E-state index in [1.54, 1.807) is 19.2 Å². The third kappa shape index (κ3) is 3.11. The van der Waals surface area contributed by atoms with Gasteiger partial charge in [0.25, 0.3) is 0 Å². The number of hydrogen-bond donors (Lipinski definition) is 0. The van der Waals surface area contributed by atoms with Crippen LogP contribution < -0.4 is 4.74 Å². The molecule has 2 aromatic rings. The third-order valence-corrected chi connectivity index (χ3v) is 3.24. The van der Waals surface area contributed by atoms with Gasteiger partial charge in [-0.2, -0.15) is 4.80 Å². The maximum Gasteiger partial charge on any atom is 0.188 e. The molecule has 20 heavy (non-hydrogen) atoms. The van der Waals surface area contributed by atoms with E-state index in [1.807, 2.05) is 0 Å². The number of benzene rings is 1. The topological polar surface area (TPSA) is 56.1 Å². The van der Waals surface area contributed by atoms with Crippen LogP contribution in [0.1, 0.15) is 12.2 Å². The van der Waals surface area contributed by atoms with Crippen LogP contribution in [0.25, 0.3) is 0 Å². The molecule has 1 saturated heterocycles. The summed E-state index contributed by atoms with van der Waals surface area (Å²) >= 11 is 0. The van der Waals surface area contributed by atoms with Crippen molar-refractivity contribution < 1.29 is 9.13 Å². The van der Waals surface area contributed by atoms with Crippen LogP contribution in [-0.2, 0) is 13.6 Å². The van der Waals surface area contributed by atoms with Crippen LogP contribution in [0.4, 0.5) is 4.39 Å². The van der Waals surface area contributed by atoms with Crippen molar-refractivity contribution in [1.82, 2.24) is 25.1 Å². The minimum absolute atomic E-state index is 0.0773. The first kappa shape index (κ1) is 13.0. The number of aromatic nitrogens is 4. The lowest BCUT2D eigenvalue weighted by atomic mass is 10.3. The van der Waals surface area contributed by atoms with Crippen molar-refractivity contribution in [3.63, 3.8) is 0 Å². The summed E-state index contributed by atoms with van der Waals surface area (Å²) in [5.74, 6) is 1.01. The quantitative estimate of drug-likeness (QED) is 0.834. The minimum atomic E-state index is -0.277. The summed E-state index contributed by atoms with van der Waals surface area (Å²) in [6, 6.07) is 6.25. The highest BCUT2D eigenvalue weighted by atomic mass is 19.1. The van der Waals surface area contributed by atoms with E-state index >= 15 is 0 Å². The minimum Gasteiger partial charge on any atom is -0.489 e. The summed E-state index contributed by atoms with van der Waals surface area (Å²) in [6.45, 7) is 2.36. The summed E-state index contributed by atoms with van der Waals surface area (Å²) < 4.78 is 18.9. The second kappa shape index (κ2) is 5.54. The van der Waals surface area contributed by atoms with Crippen LogP contribution in [0.5, 0.6) is 5.75 Å². The zero-order valence-electron chi connectivity index (χ0n) is 11.2. The van der Waals surface area contributed by atoms with Gasteiger partial charge in [0, 0.05) is 19.2 Å². The average molecular weight is 277 g/mol. The summed E-state index contributed by atoms with van der Waals surface area (Å²) in [6.07, 6.45) is 0.991. The molecule has 3 rings (SSSR count). The van der Waals surface area contributed by atoms with Gasteiger partial charge in [-0.25, -0.2) is 4.39 Å². The number of rotatable bonds is 4. The van der Waals surface area contributed by atoms with Crippen LogP contribution >= 0.6 is 0 Å². The Bertz CT molecular complexity index is 588. The highest BCUT2D eigenvalue weighted by Gasteiger charge is 2.25. The smallest absolute Gasteiger partial charge is 0.188 e. The van der Waals surface area contributed by atoms with Crippen molar-refractivity contribution in [3.05, 3.63) is 35.9 Å². The molecule has 0 aliphatic carbocycles. The van der Waals surface area contributed by atoms with Gasteiger partial charge < -0.3 is 4.74 Å². The maximum atomic E-state index is 13.1. The van der Waals surface area contributed by atoms with E-state index in [0.29, 0.717) is 18.1 Å². The number of likely N-dealkylation sites (tertiary alicyclic amines) is 1. The first-order valence-corrected chi connectivity index (χ1v) is 6.56. The molecule has 2 heterocycles. The van der Waals surface area contributed by atoms with Gasteiger partial charge in [-0.3, -0.25) is 4.90 Å². The molecule has 1 aromatic heterocycles. The predicted octanol–water partition coefficient (Wildman–Crippen LogP) is 1.00. The van der Waals surface area contributed by atoms with Gasteiger partial charge in [0.15, 0.2) is 5.82 Å². The lowest BCUT2D eigenvalue weighted by molar-refractivity contribution is 0.196. The number of aryl methyl sites for hydroxylation is 1. The molecule has 1 atom stereocenters. The third-order valence-electron chi connectivity index (χ3n) is 3.24. The second-order valence-corrected chi connectivity index (χ2v) is 4.92. The Morgan fingerprint density at radius 1 is 1.45 bits per heavy atom. The van der Waals surface area contributed by atoms with Gasteiger partial charge in [-0.1, -0.05) is 6.07 Å². The van der Waals surface area contributed by atoms with E-state index < -0.39 is 0 Å². The Morgan fingerprint density at radius 2 is 2.35 bits per heavy atom. The monoisotopic (exact) mass is 277 g/mol. The molecule has 0 amide bonds. The average Bonchev–Trinajstić information content (AvgIpc) is 3.00. The fourth-order valence-electron chi connectivity index (χ4n) is 2.36. The first-order chi connectivity index (χ1) is 9.69. The van der Waals surface area contributed by atoms with Crippen molar-refractivity contribution in [3.8, 4) is 5.75 Å². The number of tetrazole rings is 1. The largest absolute Gasteiger partial charge is 0.489 e. The summed E-state index contributed by atoms with van der Waals surface area (Å²) in [5.41, 5.74) is 0. The van der Waals surface area contributed by atoms with Crippen LogP contribution in [0, 0.1) is 5.82 Å². The maximum absolute atomic E-state index is 13.1. The van der Waals surface area contributed by atoms with E-state index in [2.05, 4.69) is 20.3 Å². The molecule has 0 bridgehead atoms. The van der Waals surface area contributed by atoms with Crippen molar-refractivity contribution in [2.45, 2.75) is 19.1 Å². The number of hydrogen-bond acceptors (Lipinski definition) is 5. The molecule has 1 fully saturated rings. The highest BCUT2D eigenvalue weighted by Crippen LogP contribution is 2.19. The molecule has 1 aromatic carbocycles. The number of ether oxygens (including phenoxy) is 1. The second-order valence-electron chi connectivity index (χ2n) is 4.92. The van der Waals surface area contributed by atoms with Crippen molar-refractivity contribution >= 4 is 0 Å². The normalized spacial score (nSPS) is 19.4. The van der Waals surface area contributed by atoms with Crippen molar-refractivity contribution in [2.75, 3.05) is 13.1 Å². The fourth-order valence-corrected chi connectivity index (χ4v) is 2.36. The van der Waals surface area contributed by atoms with Gasteiger partial charge in [-0.15, -0.1) is 10.2 Å². The Balaban J connectivity index is 1.54. The van der Waals surface area contributed by atoms with E-state index in [9.17, 15) is 4.39 Å². The highest BCUT2D eigenvalue weighted by molar-refractivity contribution is 5.22. The van der Waals surface area contributed by atoms with E-state index in [4.69, 9.17) is 4.74 Å². The van der Waals surface area contributed by atoms with Crippen LogP contribution in [0.2, 0.25) is 0 Å². The SMILES string of the molecule is Cn1nnc(CN2CCC(Oc3cccc(F)c3)C2)n1. The van der Waals surface area contributed by atoms with E-state index in [-0.39, 0.29) is 11.9 Å². The van der Waals surface area contributed by atoms with Gasteiger partial charge in [-0.05, 0) is 23.8 Å². The summed E-state index contributed by atoms with van der Waals surface area (Å²) in [4.78, 5) is 3.66. The van der Waals surface area contributed by atoms with Crippen LogP contribution in [-0.4, -0.2) is 44.3 Å². The van der Waals surface area contributed by atoms with Crippen molar-refractivity contribution in [2.24, 2.45) is 7.05 Å². The molecular weight excluding hydrogens is 261 g/mol. The number of nitrogens with zero attached hydrogens (tertiary/aromatic N) is 5. The van der Waals surface area contributed by atoms with Crippen molar-refractivity contribution in [1.29, 1.82) is 0 Å². The Kier molecular flexibility index (Phi) is 3.60. The molecule has 7 heteroatoms. The van der Waals surface area contributed by atoms with Gasteiger partial charge in [0.2, 0.25) is 0 Å². The van der Waals surface area contributed by atoms with E-state index in [1.165, 1.54) is 16.9 Å². The molecule has 0 saturated carbocycles. The molecule has 0 radical (unpaired) electrons. The zero-order chi connectivity index (χ0) is 13.9. The molecule has 0 N–H and O–H groups in total.